The fourth-order valence-corrected chi connectivity index (χ4v) is 4.40. The second-order valence-electron chi connectivity index (χ2n) is 7.93. The van der Waals surface area contributed by atoms with E-state index in [2.05, 4.69) is 20.1 Å². The van der Waals surface area contributed by atoms with Gasteiger partial charge in [0.1, 0.15) is 29.5 Å². The number of carbonyl (C=O) groups excluding carboxylic acids is 1. The van der Waals surface area contributed by atoms with Crippen LogP contribution in [0.4, 0.5) is 5.82 Å². The Balaban J connectivity index is 1.72. The molecule has 0 saturated heterocycles. The van der Waals surface area contributed by atoms with E-state index in [0.29, 0.717) is 47.9 Å². The first-order chi connectivity index (χ1) is 15.4. The van der Waals surface area contributed by atoms with Crippen LogP contribution in [0, 0.1) is 20.8 Å². The number of amides is 1. The van der Waals surface area contributed by atoms with Gasteiger partial charge in [-0.2, -0.15) is 5.10 Å². The Kier molecular flexibility index (Phi) is 4.58. The molecule has 0 atom stereocenters. The van der Waals surface area contributed by atoms with Gasteiger partial charge in [0.15, 0.2) is 5.65 Å². The molecule has 32 heavy (non-hydrogen) atoms. The van der Waals surface area contributed by atoms with E-state index in [4.69, 9.17) is 10.5 Å². The Morgan fingerprint density at radius 3 is 2.75 bits per heavy atom. The van der Waals surface area contributed by atoms with Gasteiger partial charge in [-0.1, -0.05) is 6.07 Å². The lowest BCUT2D eigenvalue weighted by molar-refractivity contribution is 0.0705. The maximum absolute atomic E-state index is 13.7. The zero-order valence-corrected chi connectivity index (χ0v) is 18.5. The summed E-state index contributed by atoms with van der Waals surface area (Å²) >= 11 is 0. The van der Waals surface area contributed by atoms with Crippen molar-refractivity contribution in [1.82, 2.24) is 34.2 Å². The average molecular weight is 432 g/mol. The second kappa shape index (κ2) is 7.33. The molecule has 0 saturated carbocycles. The highest BCUT2D eigenvalue weighted by atomic mass is 16.5. The van der Waals surface area contributed by atoms with Crippen LogP contribution in [0.1, 0.15) is 33.1 Å². The summed E-state index contributed by atoms with van der Waals surface area (Å²) in [6, 6.07) is 3.89. The molecule has 10 nitrogen and oxygen atoms in total. The molecule has 1 amide bonds. The number of anilines is 1. The maximum atomic E-state index is 13.7. The highest BCUT2D eigenvalue weighted by Gasteiger charge is 2.30. The zero-order chi connectivity index (χ0) is 22.6. The van der Waals surface area contributed by atoms with Crippen molar-refractivity contribution in [2.24, 2.45) is 0 Å². The van der Waals surface area contributed by atoms with Gasteiger partial charge in [0.05, 0.1) is 36.8 Å². The lowest BCUT2D eigenvalue weighted by Crippen LogP contribution is -2.39. The van der Waals surface area contributed by atoms with Crippen LogP contribution in [-0.4, -0.2) is 53.8 Å². The molecule has 0 unspecified atom stereocenters. The van der Waals surface area contributed by atoms with E-state index in [1.165, 1.54) is 6.33 Å². The molecule has 2 N–H and O–H groups in total. The Bertz CT molecular complexity index is 1370. The first-order valence-electron chi connectivity index (χ1n) is 10.3. The Hall–Kier alpha value is -3.95. The summed E-state index contributed by atoms with van der Waals surface area (Å²) in [6.45, 7) is 7.26. The lowest BCUT2D eigenvalue weighted by atomic mass is 10.1. The number of hydrogen-bond acceptors (Lipinski definition) is 7. The molecule has 0 radical (unpaired) electrons. The number of nitrogen functional groups attached to an aromatic ring is 1. The van der Waals surface area contributed by atoms with Crippen molar-refractivity contribution in [1.29, 1.82) is 0 Å². The van der Waals surface area contributed by atoms with Crippen LogP contribution in [0.25, 0.3) is 16.7 Å². The molecule has 4 heterocycles. The van der Waals surface area contributed by atoms with E-state index in [0.717, 1.165) is 28.4 Å². The van der Waals surface area contributed by atoms with Crippen LogP contribution >= 0.6 is 0 Å². The van der Waals surface area contributed by atoms with Crippen molar-refractivity contribution in [2.75, 3.05) is 19.4 Å². The first kappa shape index (κ1) is 20.0. The predicted octanol–water partition coefficient (Wildman–Crippen LogP) is 2.18. The van der Waals surface area contributed by atoms with Gasteiger partial charge < -0.3 is 15.4 Å². The van der Waals surface area contributed by atoms with Crippen molar-refractivity contribution in [3.05, 3.63) is 53.0 Å². The summed E-state index contributed by atoms with van der Waals surface area (Å²) in [5.74, 6) is 2.24. The lowest BCUT2D eigenvalue weighted by Gasteiger charge is -2.26. The predicted molar refractivity (Wildman–Crippen MR) is 119 cm³/mol. The first-order valence-corrected chi connectivity index (χ1v) is 10.3. The summed E-state index contributed by atoms with van der Waals surface area (Å²) in [5, 5.41) is 4.80. The van der Waals surface area contributed by atoms with E-state index in [9.17, 15) is 4.79 Å². The monoisotopic (exact) mass is 432 g/mol. The van der Waals surface area contributed by atoms with Gasteiger partial charge in [-0.3, -0.25) is 9.36 Å². The molecule has 0 bridgehead atoms. The van der Waals surface area contributed by atoms with Crippen LogP contribution in [0.2, 0.25) is 0 Å². The van der Waals surface area contributed by atoms with E-state index in [1.807, 2.05) is 42.2 Å². The van der Waals surface area contributed by atoms with Gasteiger partial charge in [0, 0.05) is 18.3 Å². The normalized spacial score (nSPS) is 13.4. The number of aryl methyl sites for hydroxylation is 2. The summed E-state index contributed by atoms with van der Waals surface area (Å²) in [5.41, 5.74) is 10.4. The number of methoxy groups -OCH3 is 1. The zero-order valence-electron chi connectivity index (χ0n) is 18.5. The van der Waals surface area contributed by atoms with Crippen molar-refractivity contribution >= 4 is 22.8 Å². The molecule has 1 aromatic carbocycles. The maximum Gasteiger partial charge on any atom is 0.258 e. The number of fused-ring (bicyclic) bond motifs is 2. The Labute approximate surface area is 184 Å². The smallest absolute Gasteiger partial charge is 0.258 e. The van der Waals surface area contributed by atoms with Crippen LogP contribution < -0.4 is 10.5 Å². The summed E-state index contributed by atoms with van der Waals surface area (Å²) in [6.07, 6.45) is 3.18. The number of nitrogens with two attached hydrogens (primary N) is 1. The number of nitrogens with zero attached hydrogens (tertiary/aromatic N) is 7. The van der Waals surface area contributed by atoms with Gasteiger partial charge >= 0.3 is 0 Å². The second-order valence-corrected chi connectivity index (χ2v) is 7.93. The molecule has 4 aromatic rings. The Morgan fingerprint density at radius 2 is 1.97 bits per heavy atom. The molecule has 3 aromatic heterocycles. The minimum atomic E-state index is -0.175. The van der Waals surface area contributed by atoms with Crippen LogP contribution in [0.3, 0.4) is 0 Å². The number of aromatic nitrogens is 6. The van der Waals surface area contributed by atoms with Crippen LogP contribution in [0.5, 0.6) is 5.75 Å². The summed E-state index contributed by atoms with van der Waals surface area (Å²) in [4.78, 5) is 28.7. The minimum Gasteiger partial charge on any atom is -0.496 e. The van der Waals surface area contributed by atoms with Crippen LogP contribution in [-0.2, 0) is 13.1 Å². The highest BCUT2D eigenvalue weighted by molar-refractivity contribution is 6.11. The number of rotatable bonds is 3. The topological polar surface area (TPSA) is 117 Å². The Morgan fingerprint density at radius 1 is 1.16 bits per heavy atom. The molecule has 0 spiro atoms. The van der Waals surface area contributed by atoms with E-state index in [-0.39, 0.29) is 5.91 Å². The third kappa shape index (κ3) is 2.90. The van der Waals surface area contributed by atoms with Gasteiger partial charge in [0.2, 0.25) is 0 Å². The summed E-state index contributed by atoms with van der Waals surface area (Å²) in [7, 11) is 1.63. The third-order valence-corrected chi connectivity index (χ3v) is 6.00. The van der Waals surface area contributed by atoms with Crippen molar-refractivity contribution in [2.45, 2.75) is 33.9 Å². The number of hydrogen-bond donors (Lipinski definition) is 1. The largest absolute Gasteiger partial charge is 0.496 e. The molecule has 5 rings (SSSR count). The highest BCUT2D eigenvalue weighted by Crippen LogP contribution is 2.36. The number of ether oxygens (including phenoxy) is 1. The fraction of sp³-hybridized carbons (Fsp3) is 0.318. The molecular formula is C22H24N8O2. The van der Waals surface area contributed by atoms with Gasteiger partial charge in [0.25, 0.3) is 5.91 Å². The van der Waals surface area contributed by atoms with Gasteiger partial charge in [-0.25, -0.2) is 19.6 Å². The van der Waals surface area contributed by atoms with E-state index < -0.39 is 0 Å². The van der Waals surface area contributed by atoms with Gasteiger partial charge in [-0.05, 0) is 32.4 Å². The van der Waals surface area contributed by atoms with E-state index in [1.54, 1.807) is 18.2 Å². The quantitative estimate of drug-likeness (QED) is 0.527. The van der Waals surface area contributed by atoms with Crippen molar-refractivity contribution in [3.63, 3.8) is 0 Å². The van der Waals surface area contributed by atoms with Crippen molar-refractivity contribution < 1.29 is 9.53 Å². The minimum absolute atomic E-state index is 0.175. The average Bonchev–Trinajstić information content (AvgIpc) is 3.35. The molecule has 0 fully saturated rings. The molecule has 0 aliphatic carbocycles. The van der Waals surface area contributed by atoms with E-state index >= 15 is 0 Å². The summed E-state index contributed by atoms with van der Waals surface area (Å²) < 4.78 is 9.19. The van der Waals surface area contributed by atoms with Crippen molar-refractivity contribution in [3.8, 4) is 11.4 Å². The molecule has 1 aliphatic rings. The molecular weight excluding hydrogens is 408 g/mol. The third-order valence-electron chi connectivity index (χ3n) is 6.00. The van der Waals surface area contributed by atoms with Crippen LogP contribution in [0.15, 0.2) is 24.7 Å². The molecule has 1 aliphatic heterocycles. The molecule has 164 valence electrons. The van der Waals surface area contributed by atoms with Gasteiger partial charge in [-0.15, -0.1) is 0 Å². The number of carbonyl (C=O) groups is 1. The molecule has 10 heteroatoms. The number of benzene rings is 1. The fourth-order valence-electron chi connectivity index (χ4n) is 4.40. The SMILES string of the molecule is COc1ccc(C)c(-n2c(N)c(C(=O)N3CCn4ncnc4C3)c3cnc(C)nc32)c1C. The standard InChI is InChI=1S/C22H24N8O2/c1-12-5-6-16(32-4)13(2)19(12)30-20(23)18(15-9-24-14(3)27-21(15)30)22(31)28-7-8-29-17(10-28)25-11-26-29/h5-6,9,11H,7-8,10,23H2,1-4H3.